The van der Waals surface area contributed by atoms with Gasteiger partial charge in [0.25, 0.3) is 0 Å². The molecule has 0 radical (unpaired) electrons. The highest BCUT2D eigenvalue weighted by molar-refractivity contribution is 5.82. The largest absolute Gasteiger partial charge is 0.375 e. The van der Waals surface area contributed by atoms with Gasteiger partial charge in [0.2, 0.25) is 11.8 Å². The van der Waals surface area contributed by atoms with Crippen molar-refractivity contribution in [2.45, 2.75) is 70.1 Å². The predicted octanol–water partition coefficient (Wildman–Crippen LogP) is 1.67. The van der Waals surface area contributed by atoms with Crippen molar-refractivity contribution < 1.29 is 14.1 Å². The maximum atomic E-state index is 12.4. The van der Waals surface area contributed by atoms with Crippen molar-refractivity contribution in [3.05, 3.63) is 11.7 Å². The Balaban J connectivity index is 1.58. The van der Waals surface area contributed by atoms with Gasteiger partial charge in [0.05, 0.1) is 12.7 Å². The molecule has 0 bridgehead atoms. The van der Waals surface area contributed by atoms with Crippen LogP contribution in [0.1, 0.15) is 69.6 Å². The van der Waals surface area contributed by atoms with Crippen molar-refractivity contribution in [1.29, 1.82) is 0 Å². The summed E-state index contributed by atoms with van der Waals surface area (Å²) in [4.78, 5) is 16.9. The Morgan fingerprint density at radius 1 is 1.35 bits per heavy atom. The number of nitrogens with zero attached hydrogens (tertiary/aromatic N) is 2. The molecular weight excluding hydrogens is 296 g/mol. The first-order valence-corrected chi connectivity index (χ1v) is 8.64. The Bertz CT molecular complexity index is 527. The van der Waals surface area contributed by atoms with Crippen LogP contribution in [0.2, 0.25) is 0 Å². The third kappa shape index (κ3) is 3.90. The van der Waals surface area contributed by atoms with E-state index in [0.717, 1.165) is 18.7 Å². The van der Waals surface area contributed by atoms with Crippen molar-refractivity contribution in [2.24, 2.45) is 0 Å². The van der Waals surface area contributed by atoms with Gasteiger partial charge >= 0.3 is 0 Å². The first kappa shape index (κ1) is 16.4. The molecule has 1 unspecified atom stereocenters. The Kier molecular flexibility index (Phi) is 5.27. The summed E-state index contributed by atoms with van der Waals surface area (Å²) in [5.41, 5.74) is 0. The number of aromatic nitrogens is 2. The van der Waals surface area contributed by atoms with E-state index in [0.29, 0.717) is 25.0 Å². The molecule has 2 fully saturated rings. The molecule has 0 aromatic carbocycles. The molecule has 7 nitrogen and oxygen atoms in total. The van der Waals surface area contributed by atoms with E-state index in [1.165, 1.54) is 19.3 Å². The third-order valence-electron chi connectivity index (χ3n) is 4.76. The van der Waals surface area contributed by atoms with E-state index in [1.54, 1.807) is 0 Å². The smallest absolute Gasteiger partial charge is 0.248 e. The zero-order valence-electron chi connectivity index (χ0n) is 13.9. The number of carbonyl (C=O) groups is 1. The molecule has 128 valence electrons. The second-order valence-corrected chi connectivity index (χ2v) is 6.56. The van der Waals surface area contributed by atoms with Crippen LogP contribution >= 0.6 is 0 Å². The number of hydrogen-bond donors (Lipinski definition) is 2. The number of amides is 1. The highest BCUT2D eigenvalue weighted by Crippen LogP contribution is 2.31. The molecule has 0 spiro atoms. The maximum absolute atomic E-state index is 12.4. The predicted molar refractivity (Wildman–Crippen MR) is 83.9 cm³/mol. The molecule has 1 amide bonds. The van der Waals surface area contributed by atoms with Gasteiger partial charge in [0, 0.05) is 12.5 Å². The number of ether oxygens (including phenoxy) is 1. The van der Waals surface area contributed by atoms with Crippen LogP contribution in [0.15, 0.2) is 4.52 Å². The normalized spacial score (nSPS) is 27.6. The van der Waals surface area contributed by atoms with Crippen LogP contribution in [0.5, 0.6) is 0 Å². The molecule has 1 saturated heterocycles. The van der Waals surface area contributed by atoms with Gasteiger partial charge in [-0.25, -0.2) is 0 Å². The average Bonchev–Trinajstić information content (AvgIpc) is 3.06. The Morgan fingerprint density at radius 2 is 2.13 bits per heavy atom. The van der Waals surface area contributed by atoms with Gasteiger partial charge in [-0.05, 0) is 26.7 Å². The first-order valence-electron chi connectivity index (χ1n) is 8.64. The number of rotatable bonds is 4. The van der Waals surface area contributed by atoms with Gasteiger partial charge in [-0.3, -0.25) is 4.79 Å². The van der Waals surface area contributed by atoms with E-state index in [4.69, 9.17) is 9.26 Å². The summed E-state index contributed by atoms with van der Waals surface area (Å²) in [6.07, 6.45) is 5.86. The summed E-state index contributed by atoms with van der Waals surface area (Å²) >= 11 is 0. The summed E-state index contributed by atoms with van der Waals surface area (Å²) in [6.45, 7) is 5.08. The fourth-order valence-corrected chi connectivity index (χ4v) is 3.34. The fourth-order valence-electron chi connectivity index (χ4n) is 3.34. The molecule has 3 atom stereocenters. The van der Waals surface area contributed by atoms with Crippen LogP contribution in [-0.4, -0.2) is 41.3 Å². The lowest BCUT2D eigenvalue weighted by Gasteiger charge is -2.29. The maximum Gasteiger partial charge on any atom is 0.248 e. The lowest BCUT2D eigenvalue weighted by Crippen LogP contribution is -2.55. The molecule has 1 aliphatic carbocycles. The highest BCUT2D eigenvalue weighted by atomic mass is 16.5. The zero-order valence-corrected chi connectivity index (χ0v) is 13.9. The Hall–Kier alpha value is -1.47. The zero-order chi connectivity index (χ0) is 16.2. The van der Waals surface area contributed by atoms with Crippen molar-refractivity contribution in [2.75, 3.05) is 13.2 Å². The van der Waals surface area contributed by atoms with Gasteiger partial charge in [-0.15, -0.1) is 0 Å². The molecule has 2 aliphatic rings. The van der Waals surface area contributed by atoms with Crippen LogP contribution in [0.3, 0.4) is 0 Å². The molecule has 3 rings (SSSR count). The number of nitrogens with one attached hydrogen (secondary N) is 2. The lowest BCUT2D eigenvalue weighted by molar-refractivity contribution is -0.129. The average molecular weight is 322 g/mol. The van der Waals surface area contributed by atoms with E-state index in [9.17, 15) is 4.79 Å². The SMILES string of the molecule is CC(NC(=O)[C@H]1NCCO[C@@H]1C)c1nc(C2CCCCC2)no1. The lowest BCUT2D eigenvalue weighted by atomic mass is 9.89. The standard InChI is InChI=1S/C16H26N4O3/c1-10(18-15(21)13-11(2)22-9-8-17-13)16-19-14(20-23-16)12-6-4-3-5-7-12/h10-13,17H,3-9H2,1-2H3,(H,18,21)/t10?,11-,13+/m1/s1. The van der Waals surface area contributed by atoms with Crippen LogP contribution in [0, 0.1) is 0 Å². The first-order chi connectivity index (χ1) is 11.1. The minimum Gasteiger partial charge on any atom is -0.375 e. The molecule has 7 heteroatoms. The summed E-state index contributed by atoms with van der Waals surface area (Å²) in [5, 5.41) is 10.2. The highest BCUT2D eigenvalue weighted by Gasteiger charge is 2.30. The molecule has 2 N–H and O–H groups in total. The third-order valence-corrected chi connectivity index (χ3v) is 4.76. The minimum absolute atomic E-state index is 0.0953. The number of morpholine rings is 1. The van der Waals surface area contributed by atoms with Crippen LogP contribution in [0.4, 0.5) is 0 Å². The van der Waals surface area contributed by atoms with E-state index >= 15 is 0 Å². The number of hydrogen-bond acceptors (Lipinski definition) is 6. The second kappa shape index (κ2) is 7.40. The number of carbonyl (C=O) groups excluding carboxylic acids is 1. The summed E-state index contributed by atoms with van der Waals surface area (Å²) in [7, 11) is 0. The topological polar surface area (TPSA) is 89.3 Å². The molecule has 2 heterocycles. The van der Waals surface area contributed by atoms with Gasteiger partial charge in [-0.1, -0.05) is 24.4 Å². The molecule has 1 aromatic heterocycles. The van der Waals surface area contributed by atoms with Crippen molar-refractivity contribution in [1.82, 2.24) is 20.8 Å². The van der Waals surface area contributed by atoms with Crippen LogP contribution in [0.25, 0.3) is 0 Å². The Morgan fingerprint density at radius 3 is 2.87 bits per heavy atom. The minimum atomic E-state index is -0.341. The second-order valence-electron chi connectivity index (χ2n) is 6.56. The molecule has 1 aliphatic heterocycles. The molecular formula is C16H26N4O3. The molecule has 1 aromatic rings. The van der Waals surface area contributed by atoms with Crippen molar-refractivity contribution in [3.63, 3.8) is 0 Å². The van der Waals surface area contributed by atoms with Gasteiger partial charge in [0.1, 0.15) is 12.1 Å². The molecule has 1 saturated carbocycles. The van der Waals surface area contributed by atoms with E-state index in [1.807, 2.05) is 13.8 Å². The summed E-state index contributed by atoms with van der Waals surface area (Å²) < 4.78 is 10.9. The quantitative estimate of drug-likeness (QED) is 0.876. The summed E-state index contributed by atoms with van der Waals surface area (Å²) in [5.74, 6) is 1.57. The van der Waals surface area contributed by atoms with Gasteiger partial charge in [-0.2, -0.15) is 4.98 Å². The Labute approximate surface area is 136 Å². The monoisotopic (exact) mass is 322 g/mol. The van der Waals surface area contributed by atoms with Gasteiger partial charge in [0.15, 0.2) is 5.82 Å². The van der Waals surface area contributed by atoms with Crippen molar-refractivity contribution >= 4 is 5.91 Å². The summed E-state index contributed by atoms with van der Waals surface area (Å²) in [6, 6.07) is -0.643. The van der Waals surface area contributed by atoms with Gasteiger partial charge < -0.3 is 19.9 Å². The van der Waals surface area contributed by atoms with Crippen molar-refractivity contribution in [3.8, 4) is 0 Å². The van der Waals surface area contributed by atoms with E-state index in [-0.39, 0.29) is 24.1 Å². The molecule has 23 heavy (non-hydrogen) atoms. The van der Waals surface area contributed by atoms with Crippen LogP contribution < -0.4 is 10.6 Å². The van der Waals surface area contributed by atoms with Crippen LogP contribution in [-0.2, 0) is 9.53 Å². The van der Waals surface area contributed by atoms with E-state index in [2.05, 4.69) is 20.8 Å². The fraction of sp³-hybridized carbons (Fsp3) is 0.812. The van der Waals surface area contributed by atoms with E-state index < -0.39 is 0 Å².